The summed E-state index contributed by atoms with van der Waals surface area (Å²) in [5.74, 6) is 0.543. The van der Waals surface area contributed by atoms with Crippen molar-refractivity contribution in [1.29, 1.82) is 0 Å². The van der Waals surface area contributed by atoms with Crippen LogP contribution in [0.5, 0.6) is 5.75 Å². The van der Waals surface area contributed by atoms with E-state index in [1.165, 1.54) is 40.7 Å². The fourth-order valence-corrected chi connectivity index (χ4v) is 4.03. The summed E-state index contributed by atoms with van der Waals surface area (Å²) >= 11 is 6.05. The number of benzene rings is 2. The van der Waals surface area contributed by atoms with Crippen molar-refractivity contribution in [2.75, 3.05) is 5.32 Å². The van der Waals surface area contributed by atoms with Gasteiger partial charge < -0.3 is 9.15 Å². The lowest BCUT2D eigenvalue weighted by atomic mass is 10.1. The van der Waals surface area contributed by atoms with Crippen molar-refractivity contribution in [3.63, 3.8) is 0 Å². The molecule has 7 nitrogen and oxygen atoms in total. The first-order valence-electron chi connectivity index (χ1n) is 10.5. The van der Waals surface area contributed by atoms with Crippen molar-refractivity contribution in [3.8, 4) is 5.75 Å². The van der Waals surface area contributed by atoms with Crippen LogP contribution in [0.15, 0.2) is 59.3 Å². The fraction of sp³-hybridized carbons (Fsp3) is 0.208. The summed E-state index contributed by atoms with van der Waals surface area (Å²) in [5, 5.41) is 7.01. The molecule has 4 aromatic rings. The van der Waals surface area contributed by atoms with Crippen LogP contribution < -0.4 is 10.1 Å². The molecule has 2 aromatic heterocycles. The molecule has 0 bridgehead atoms. The number of furan rings is 1. The molecule has 1 N–H and O–H groups in total. The first-order chi connectivity index (χ1) is 16.0. The smallest absolute Gasteiger partial charge is 0.293 e. The topological polar surface area (TPSA) is 82.2 Å². The summed E-state index contributed by atoms with van der Waals surface area (Å²) in [6.45, 7) is 0.293. The number of nitrogens with one attached hydrogen (secondary N) is 1. The molecule has 0 spiro atoms. The van der Waals surface area contributed by atoms with Crippen LogP contribution in [-0.2, 0) is 26.0 Å². The van der Waals surface area contributed by atoms with Crippen LogP contribution in [0.3, 0.4) is 0 Å². The maximum absolute atomic E-state index is 14.0. The highest BCUT2D eigenvalue weighted by molar-refractivity contribution is 6.31. The first kappa shape index (κ1) is 21.2. The Morgan fingerprint density at radius 1 is 1.18 bits per heavy atom. The molecule has 9 heteroatoms. The summed E-state index contributed by atoms with van der Waals surface area (Å²) < 4.78 is 26.8. The van der Waals surface area contributed by atoms with Crippen LogP contribution in [0, 0.1) is 5.82 Å². The lowest BCUT2D eigenvalue weighted by molar-refractivity contribution is 0.0991. The number of hydrogen-bond donors (Lipinski definition) is 1. The van der Waals surface area contributed by atoms with Gasteiger partial charge in [0.05, 0.1) is 6.54 Å². The zero-order chi connectivity index (χ0) is 22.8. The molecule has 0 aliphatic heterocycles. The molecule has 0 atom stereocenters. The number of aryl methyl sites for hydroxylation is 2. The minimum atomic E-state index is -0.500. The molecule has 168 valence electrons. The van der Waals surface area contributed by atoms with Crippen LogP contribution in [0.2, 0.25) is 5.02 Å². The van der Waals surface area contributed by atoms with Gasteiger partial charge in [-0.15, -0.1) is 5.10 Å². The van der Waals surface area contributed by atoms with Crippen molar-refractivity contribution >= 4 is 23.5 Å². The van der Waals surface area contributed by atoms with E-state index in [0.29, 0.717) is 16.3 Å². The van der Waals surface area contributed by atoms with Gasteiger partial charge in [0.1, 0.15) is 30.3 Å². The van der Waals surface area contributed by atoms with E-state index in [1.54, 1.807) is 18.2 Å². The van der Waals surface area contributed by atoms with Gasteiger partial charge in [0.15, 0.2) is 5.76 Å². The second-order valence-electron chi connectivity index (χ2n) is 7.76. The molecule has 1 aliphatic carbocycles. The number of aromatic nitrogens is 3. The van der Waals surface area contributed by atoms with Gasteiger partial charge >= 0.3 is 0 Å². The van der Waals surface area contributed by atoms with Crippen LogP contribution in [0.25, 0.3) is 0 Å². The summed E-state index contributed by atoms with van der Waals surface area (Å²) in [7, 11) is 0. The minimum absolute atomic E-state index is 0.0693. The third kappa shape index (κ3) is 4.75. The van der Waals surface area contributed by atoms with E-state index in [-0.39, 0.29) is 24.9 Å². The quantitative estimate of drug-likeness (QED) is 0.413. The molecule has 0 fully saturated rings. The Bertz CT molecular complexity index is 1300. The van der Waals surface area contributed by atoms with Gasteiger partial charge in [-0.3, -0.25) is 10.1 Å². The molecule has 5 rings (SSSR count). The van der Waals surface area contributed by atoms with E-state index >= 15 is 0 Å². The van der Waals surface area contributed by atoms with Gasteiger partial charge in [0, 0.05) is 10.6 Å². The van der Waals surface area contributed by atoms with E-state index in [1.807, 2.05) is 6.07 Å². The predicted molar refractivity (Wildman–Crippen MR) is 120 cm³/mol. The molecule has 1 amide bonds. The number of halogens is 2. The third-order valence-electron chi connectivity index (χ3n) is 5.48. The van der Waals surface area contributed by atoms with Gasteiger partial charge in [-0.1, -0.05) is 23.7 Å². The van der Waals surface area contributed by atoms with Crippen molar-refractivity contribution in [1.82, 2.24) is 14.8 Å². The van der Waals surface area contributed by atoms with E-state index in [4.69, 9.17) is 20.8 Å². The summed E-state index contributed by atoms with van der Waals surface area (Å²) in [5.41, 5.74) is 3.00. The van der Waals surface area contributed by atoms with E-state index in [0.717, 1.165) is 18.6 Å². The second kappa shape index (κ2) is 9.07. The minimum Gasteiger partial charge on any atom is -0.486 e. The summed E-state index contributed by atoms with van der Waals surface area (Å²) in [4.78, 5) is 16.5. The van der Waals surface area contributed by atoms with Gasteiger partial charge in [-0.2, -0.15) is 0 Å². The molecule has 0 radical (unpaired) electrons. The molecule has 2 aromatic carbocycles. The number of ether oxygens (including phenoxy) is 1. The Morgan fingerprint density at radius 2 is 2.06 bits per heavy atom. The highest BCUT2D eigenvalue weighted by atomic mass is 35.5. The number of carbonyl (C=O) groups is 1. The number of nitrogens with zero attached hydrogens (tertiary/aromatic N) is 3. The summed E-state index contributed by atoms with van der Waals surface area (Å²) in [6, 6.07) is 13.8. The van der Waals surface area contributed by atoms with Crippen LogP contribution in [0.4, 0.5) is 10.3 Å². The summed E-state index contributed by atoms with van der Waals surface area (Å²) in [6.07, 6.45) is 4.76. The zero-order valence-corrected chi connectivity index (χ0v) is 18.3. The third-order valence-corrected chi connectivity index (χ3v) is 5.83. The van der Waals surface area contributed by atoms with E-state index < -0.39 is 11.7 Å². The number of amides is 1. The molecule has 2 heterocycles. The number of carbonyl (C=O) groups excluding carboxylic acids is 1. The average molecular weight is 467 g/mol. The van der Waals surface area contributed by atoms with E-state index in [2.05, 4.69) is 27.5 Å². The number of hydrogen-bond acceptors (Lipinski definition) is 5. The van der Waals surface area contributed by atoms with Gasteiger partial charge in [0.25, 0.3) is 5.91 Å². The maximum Gasteiger partial charge on any atom is 0.293 e. The molecule has 0 saturated carbocycles. The zero-order valence-electron chi connectivity index (χ0n) is 17.6. The number of rotatable bonds is 7. The Balaban J connectivity index is 1.18. The number of fused-ring (bicyclic) bond motifs is 1. The fourth-order valence-electron chi connectivity index (χ4n) is 3.81. The van der Waals surface area contributed by atoms with Crippen molar-refractivity contribution in [2.24, 2.45) is 0 Å². The predicted octanol–water partition coefficient (Wildman–Crippen LogP) is 5.03. The molecule has 0 unspecified atom stereocenters. The highest BCUT2D eigenvalue weighted by Crippen LogP contribution is 2.26. The number of anilines is 1. The largest absolute Gasteiger partial charge is 0.486 e. The van der Waals surface area contributed by atoms with E-state index in [9.17, 15) is 9.18 Å². The molecule has 33 heavy (non-hydrogen) atoms. The average Bonchev–Trinajstić information content (AvgIpc) is 3.55. The Kier molecular flexibility index (Phi) is 5.83. The van der Waals surface area contributed by atoms with Crippen LogP contribution >= 0.6 is 11.6 Å². The molecule has 1 aliphatic rings. The van der Waals surface area contributed by atoms with Crippen LogP contribution in [0.1, 0.15) is 39.4 Å². The highest BCUT2D eigenvalue weighted by Gasteiger charge is 2.16. The Hall–Kier alpha value is -3.65. The van der Waals surface area contributed by atoms with Gasteiger partial charge in [-0.25, -0.2) is 14.1 Å². The monoisotopic (exact) mass is 466 g/mol. The lowest BCUT2D eigenvalue weighted by Gasteiger charge is -2.06. The van der Waals surface area contributed by atoms with Crippen molar-refractivity contribution in [3.05, 3.63) is 93.9 Å². The maximum atomic E-state index is 14.0. The normalized spacial score (nSPS) is 12.5. The first-order valence-corrected chi connectivity index (χ1v) is 10.9. The standard InChI is InChI=1S/C24H20ClFN4O3/c25-20-5-2-6-21(26)19(20)12-30-14-27-24(29-30)28-23(31)22-10-9-18(33-22)13-32-17-8-7-15-3-1-4-16(15)11-17/h2,5-11,14H,1,3-4,12-13H2,(H,28,29,31). The van der Waals surface area contributed by atoms with Crippen molar-refractivity contribution in [2.45, 2.75) is 32.4 Å². The Morgan fingerprint density at radius 3 is 2.94 bits per heavy atom. The Labute approximate surface area is 194 Å². The lowest BCUT2D eigenvalue weighted by Crippen LogP contribution is -2.13. The van der Waals surface area contributed by atoms with Crippen LogP contribution in [-0.4, -0.2) is 20.7 Å². The van der Waals surface area contributed by atoms with Gasteiger partial charge in [-0.05, 0) is 66.8 Å². The molecular weight excluding hydrogens is 447 g/mol. The van der Waals surface area contributed by atoms with Gasteiger partial charge in [0.2, 0.25) is 5.95 Å². The molecular formula is C24H20ClFN4O3. The SMILES string of the molecule is O=C(Nc1ncn(Cc2c(F)cccc2Cl)n1)c1ccc(COc2ccc3c(c2)CCC3)o1. The second-order valence-corrected chi connectivity index (χ2v) is 8.17. The van der Waals surface area contributed by atoms with Crippen molar-refractivity contribution < 1.29 is 18.3 Å². The molecule has 0 saturated heterocycles.